The van der Waals surface area contributed by atoms with Crippen molar-refractivity contribution < 1.29 is 4.79 Å². The minimum Gasteiger partial charge on any atom is -0.324 e. The molecular weight excluding hydrogens is 274 g/mol. The lowest BCUT2D eigenvalue weighted by Gasteiger charge is -2.12. The van der Waals surface area contributed by atoms with Gasteiger partial charge >= 0.3 is 0 Å². The summed E-state index contributed by atoms with van der Waals surface area (Å²) in [4.78, 5) is 12.1. The molecule has 2 aromatic rings. The fourth-order valence-corrected chi connectivity index (χ4v) is 2.30. The number of nitriles is 1. The summed E-state index contributed by atoms with van der Waals surface area (Å²) >= 11 is 1.31. The Morgan fingerprint density at radius 2 is 2.25 bits per heavy atom. The Labute approximate surface area is 120 Å². The van der Waals surface area contributed by atoms with Gasteiger partial charge in [-0.25, -0.2) is 0 Å². The molecule has 0 spiro atoms. The van der Waals surface area contributed by atoms with Crippen molar-refractivity contribution in [2.24, 2.45) is 7.05 Å². The molecule has 0 fully saturated rings. The van der Waals surface area contributed by atoms with Gasteiger partial charge in [0, 0.05) is 7.05 Å². The van der Waals surface area contributed by atoms with Gasteiger partial charge in [0.2, 0.25) is 5.91 Å². The Balaban J connectivity index is 2.05. The van der Waals surface area contributed by atoms with Gasteiger partial charge in [0.1, 0.15) is 12.4 Å². The third kappa shape index (κ3) is 3.16. The van der Waals surface area contributed by atoms with Crippen LogP contribution in [0.2, 0.25) is 0 Å². The topological polar surface area (TPSA) is 83.6 Å². The number of hydrogen-bond acceptors (Lipinski definition) is 5. The SMILES string of the molecule is C[C@H](Sc1nncn1C)C(=O)Nc1ccccc1C#N. The summed E-state index contributed by atoms with van der Waals surface area (Å²) in [5.41, 5.74) is 0.960. The third-order valence-corrected chi connectivity index (χ3v) is 3.77. The van der Waals surface area contributed by atoms with Crippen molar-refractivity contribution in [3.63, 3.8) is 0 Å². The van der Waals surface area contributed by atoms with E-state index in [0.29, 0.717) is 16.4 Å². The zero-order valence-corrected chi connectivity index (χ0v) is 11.9. The van der Waals surface area contributed by atoms with E-state index in [1.807, 2.05) is 13.1 Å². The van der Waals surface area contributed by atoms with Gasteiger partial charge in [-0.1, -0.05) is 23.9 Å². The van der Waals surface area contributed by atoms with Gasteiger partial charge in [-0.05, 0) is 19.1 Å². The van der Waals surface area contributed by atoms with Gasteiger partial charge in [-0.3, -0.25) is 4.79 Å². The highest BCUT2D eigenvalue weighted by Crippen LogP contribution is 2.22. The summed E-state index contributed by atoms with van der Waals surface area (Å²) in [5.74, 6) is -0.180. The fourth-order valence-electron chi connectivity index (χ4n) is 1.51. The van der Waals surface area contributed by atoms with E-state index in [1.165, 1.54) is 11.8 Å². The molecule has 1 amide bonds. The Morgan fingerprint density at radius 1 is 1.50 bits per heavy atom. The van der Waals surface area contributed by atoms with Crippen molar-refractivity contribution in [1.29, 1.82) is 5.26 Å². The molecule has 0 radical (unpaired) electrons. The number of aryl methyl sites for hydroxylation is 1. The van der Waals surface area contributed by atoms with Crippen molar-refractivity contribution >= 4 is 23.4 Å². The minimum absolute atomic E-state index is 0.180. The van der Waals surface area contributed by atoms with E-state index in [2.05, 4.69) is 15.5 Å². The first-order chi connectivity index (χ1) is 9.61. The first-order valence-electron chi connectivity index (χ1n) is 5.92. The van der Waals surface area contributed by atoms with Crippen LogP contribution >= 0.6 is 11.8 Å². The average molecular weight is 287 g/mol. The van der Waals surface area contributed by atoms with Crippen LogP contribution in [-0.2, 0) is 11.8 Å². The molecule has 0 aliphatic rings. The lowest BCUT2D eigenvalue weighted by molar-refractivity contribution is -0.115. The molecule has 6 nitrogen and oxygen atoms in total. The lowest BCUT2D eigenvalue weighted by atomic mass is 10.2. The summed E-state index contributed by atoms with van der Waals surface area (Å²) in [5, 5.41) is 19.7. The molecule has 0 saturated heterocycles. The van der Waals surface area contributed by atoms with Gasteiger partial charge in [-0.15, -0.1) is 10.2 Å². The number of carbonyl (C=O) groups is 1. The molecule has 0 bridgehead atoms. The number of benzene rings is 1. The summed E-state index contributed by atoms with van der Waals surface area (Å²) in [6.07, 6.45) is 1.58. The highest BCUT2D eigenvalue weighted by molar-refractivity contribution is 8.00. The van der Waals surface area contributed by atoms with Crippen LogP contribution in [0.15, 0.2) is 35.7 Å². The van der Waals surface area contributed by atoms with Crippen molar-refractivity contribution in [2.45, 2.75) is 17.3 Å². The number of nitrogens with zero attached hydrogens (tertiary/aromatic N) is 4. The second-order valence-electron chi connectivity index (χ2n) is 4.13. The predicted molar refractivity (Wildman–Crippen MR) is 76.1 cm³/mol. The quantitative estimate of drug-likeness (QED) is 0.867. The zero-order chi connectivity index (χ0) is 14.5. The maximum atomic E-state index is 12.1. The molecule has 0 saturated carbocycles. The molecule has 2 rings (SSSR count). The van der Waals surface area contributed by atoms with E-state index in [9.17, 15) is 4.79 Å². The number of thioether (sulfide) groups is 1. The van der Waals surface area contributed by atoms with E-state index in [-0.39, 0.29) is 11.2 Å². The summed E-state index contributed by atoms with van der Waals surface area (Å²) < 4.78 is 1.75. The second-order valence-corrected chi connectivity index (χ2v) is 5.44. The standard InChI is InChI=1S/C13H13N5OS/c1-9(20-13-17-15-8-18(13)2)12(19)16-11-6-4-3-5-10(11)7-14/h3-6,8-9H,1-2H3,(H,16,19)/t9-/m0/s1. The first-order valence-corrected chi connectivity index (χ1v) is 6.80. The number of hydrogen-bond donors (Lipinski definition) is 1. The smallest absolute Gasteiger partial charge is 0.237 e. The van der Waals surface area contributed by atoms with Crippen LogP contribution in [0, 0.1) is 11.3 Å². The maximum absolute atomic E-state index is 12.1. The van der Waals surface area contributed by atoms with E-state index in [1.54, 1.807) is 42.1 Å². The maximum Gasteiger partial charge on any atom is 0.237 e. The van der Waals surface area contributed by atoms with E-state index >= 15 is 0 Å². The van der Waals surface area contributed by atoms with Crippen LogP contribution in [0.5, 0.6) is 0 Å². The molecule has 20 heavy (non-hydrogen) atoms. The lowest BCUT2D eigenvalue weighted by Crippen LogP contribution is -2.23. The van der Waals surface area contributed by atoms with Crippen LogP contribution in [0.3, 0.4) is 0 Å². The largest absolute Gasteiger partial charge is 0.324 e. The molecule has 0 aliphatic carbocycles. The van der Waals surface area contributed by atoms with E-state index in [4.69, 9.17) is 5.26 Å². The zero-order valence-electron chi connectivity index (χ0n) is 11.1. The minimum atomic E-state index is -0.343. The predicted octanol–water partition coefficient (Wildman–Crippen LogP) is 1.81. The van der Waals surface area contributed by atoms with Gasteiger partial charge in [-0.2, -0.15) is 5.26 Å². The van der Waals surface area contributed by atoms with E-state index in [0.717, 1.165) is 0 Å². The van der Waals surface area contributed by atoms with Crippen LogP contribution in [0.25, 0.3) is 0 Å². The molecule has 0 aliphatic heterocycles. The molecular formula is C13H13N5OS. The van der Waals surface area contributed by atoms with Gasteiger partial charge < -0.3 is 9.88 Å². The number of para-hydroxylation sites is 1. The summed E-state index contributed by atoms with van der Waals surface area (Å²) in [6, 6.07) is 8.94. The van der Waals surface area contributed by atoms with Crippen LogP contribution in [-0.4, -0.2) is 25.9 Å². The number of carbonyl (C=O) groups excluding carboxylic acids is 1. The molecule has 1 heterocycles. The number of nitrogens with one attached hydrogen (secondary N) is 1. The van der Waals surface area contributed by atoms with Crippen molar-refractivity contribution in [1.82, 2.24) is 14.8 Å². The Morgan fingerprint density at radius 3 is 2.90 bits per heavy atom. The highest BCUT2D eigenvalue weighted by atomic mass is 32.2. The molecule has 102 valence electrons. The Hall–Kier alpha value is -2.33. The third-order valence-electron chi connectivity index (χ3n) is 2.63. The number of amides is 1. The average Bonchev–Trinajstić information content (AvgIpc) is 2.84. The molecule has 1 aromatic carbocycles. The number of aromatic nitrogens is 3. The number of rotatable bonds is 4. The second kappa shape index (κ2) is 6.21. The van der Waals surface area contributed by atoms with E-state index < -0.39 is 0 Å². The highest BCUT2D eigenvalue weighted by Gasteiger charge is 2.18. The molecule has 1 N–H and O–H groups in total. The summed E-state index contributed by atoms with van der Waals surface area (Å²) in [6.45, 7) is 1.78. The summed E-state index contributed by atoms with van der Waals surface area (Å²) in [7, 11) is 1.82. The van der Waals surface area contributed by atoms with Crippen molar-refractivity contribution in [3.8, 4) is 6.07 Å². The first kappa shape index (κ1) is 14.1. The van der Waals surface area contributed by atoms with Gasteiger partial charge in [0.15, 0.2) is 5.16 Å². The van der Waals surface area contributed by atoms with Crippen molar-refractivity contribution in [2.75, 3.05) is 5.32 Å². The molecule has 1 atom stereocenters. The molecule has 7 heteroatoms. The van der Waals surface area contributed by atoms with Gasteiger partial charge in [0.25, 0.3) is 0 Å². The van der Waals surface area contributed by atoms with Crippen LogP contribution < -0.4 is 5.32 Å². The van der Waals surface area contributed by atoms with Gasteiger partial charge in [0.05, 0.1) is 16.5 Å². The van der Waals surface area contributed by atoms with Crippen molar-refractivity contribution in [3.05, 3.63) is 36.2 Å². The number of anilines is 1. The Bertz CT molecular complexity index is 661. The monoisotopic (exact) mass is 287 g/mol. The fraction of sp³-hybridized carbons (Fsp3) is 0.231. The molecule has 1 aromatic heterocycles. The van der Waals surface area contributed by atoms with Crippen LogP contribution in [0.4, 0.5) is 5.69 Å². The molecule has 0 unspecified atom stereocenters. The normalized spacial score (nSPS) is 11.7. The van der Waals surface area contributed by atoms with Crippen LogP contribution in [0.1, 0.15) is 12.5 Å². The Kier molecular flexibility index (Phi) is 4.38.